The van der Waals surface area contributed by atoms with Crippen molar-refractivity contribution in [2.45, 2.75) is 50.0 Å². The molecule has 168 valence electrons. The normalized spacial score (nSPS) is 12.7. The minimum Gasteiger partial charge on any atom is -0.321 e. The highest BCUT2D eigenvalue weighted by molar-refractivity contribution is 7.89. The van der Waals surface area contributed by atoms with E-state index in [0.717, 1.165) is 18.2 Å². The average molecular weight is 475 g/mol. The molecule has 5 nitrogen and oxygen atoms in total. The van der Waals surface area contributed by atoms with Gasteiger partial charge in [0.15, 0.2) is 0 Å². The van der Waals surface area contributed by atoms with Gasteiger partial charge in [-0.1, -0.05) is 45.1 Å². The maximum atomic E-state index is 12.9. The molecule has 1 amide bonds. The lowest BCUT2D eigenvalue weighted by Gasteiger charge is -2.26. The van der Waals surface area contributed by atoms with Crippen LogP contribution in [0.5, 0.6) is 0 Å². The molecule has 0 saturated heterocycles. The molecule has 2 rings (SSSR count). The Kier molecular flexibility index (Phi) is 7.50. The molecule has 2 N–H and O–H groups in total. The van der Waals surface area contributed by atoms with E-state index in [1.165, 1.54) is 24.3 Å². The third-order valence-corrected chi connectivity index (χ3v) is 6.34. The number of rotatable bonds is 7. The van der Waals surface area contributed by atoms with E-state index in [9.17, 15) is 26.4 Å². The summed E-state index contributed by atoms with van der Waals surface area (Å²) >= 11 is 5.89. The summed E-state index contributed by atoms with van der Waals surface area (Å²) < 4.78 is 66.6. The van der Waals surface area contributed by atoms with Gasteiger partial charge in [-0.15, -0.1) is 0 Å². The Bertz CT molecular complexity index is 1060. The molecular weight excluding hydrogens is 452 g/mol. The van der Waals surface area contributed by atoms with Crippen LogP contribution in [-0.4, -0.2) is 27.0 Å². The molecule has 0 saturated carbocycles. The minimum atomic E-state index is -4.59. The zero-order chi connectivity index (χ0) is 23.6. The lowest BCUT2D eigenvalue weighted by Crippen LogP contribution is -2.48. The first-order valence-electron chi connectivity index (χ1n) is 9.43. The molecule has 0 aliphatic carbocycles. The summed E-state index contributed by atoms with van der Waals surface area (Å²) in [6, 6.07) is 7.67. The summed E-state index contributed by atoms with van der Waals surface area (Å²) in [6.07, 6.45) is -4.59. The molecule has 0 aromatic heterocycles. The number of benzene rings is 2. The van der Waals surface area contributed by atoms with Crippen molar-refractivity contribution in [3.05, 3.63) is 58.6 Å². The Hall–Kier alpha value is -2.04. The summed E-state index contributed by atoms with van der Waals surface area (Å²) in [5.41, 5.74) is -1.75. The van der Waals surface area contributed by atoms with E-state index < -0.39 is 33.1 Å². The van der Waals surface area contributed by atoms with Crippen LogP contribution in [0, 0.1) is 0 Å². The average Bonchev–Trinajstić information content (AvgIpc) is 2.60. The molecule has 2 aromatic carbocycles. The van der Waals surface area contributed by atoms with Gasteiger partial charge in [-0.05, 0) is 42.5 Å². The SMILES string of the molecule is CC(C)BC(C)(C)NS(=O)(=O)c1ccc(C(=O)Nc2cc(C(F)(F)F)ccc2Cl)cc1. The summed E-state index contributed by atoms with van der Waals surface area (Å²) in [5.74, 6) is -0.440. The topological polar surface area (TPSA) is 75.3 Å². The lowest BCUT2D eigenvalue weighted by molar-refractivity contribution is -0.137. The second-order valence-corrected chi connectivity index (χ2v) is 10.3. The number of carbonyl (C=O) groups is 1. The quantitative estimate of drug-likeness (QED) is 0.561. The first-order chi connectivity index (χ1) is 14.1. The minimum absolute atomic E-state index is 0.0296. The van der Waals surface area contributed by atoms with Crippen LogP contribution < -0.4 is 10.0 Å². The van der Waals surface area contributed by atoms with Crippen LogP contribution in [0.3, 0.4) is 0 Å². The van der Waals surface area contributed by atoms with Gasteiger partial charge in [0.05, 0.1) is 21.2 Å². The van der Waals surface area contributed by atoms with Crippen molar-refractivity contribution in [2.24, 2.45) is 0 Å². The largest absolute Gasteiger partial charge is 0.416 e. The maximum Gasteiger partial charge on any atom is 0.416 e. The summed E-state index contributed by atoms with van der Waals surface area (Å²) in [6.45, 7) is 7.54. The number of hydrogen-bond donors (Lipinski definition) is 2. The van der Waals surface area contributed by atoms with Crippen molar-refractivity contribution in [1.82, 2.24) is 4.72 Å². The van der Waals surface area contributed by atoms with Gasteiger partial charge >= 0.3 is 6.18 Å². The third-order valence-electron chi connectivity index (χ3n) is 4.30. The number of nitrogens with one attached hydrogen (secondary N) is 2. The molecule has 0 spiro atoms. The van der Waals surface area contributed by atoms with E-state index in [0.29, 0.717) is 7.28 Å². The third kappa shape index (κ3) is 6.98. The first kappa shape index (κ1) is 25.2. The molecule has 0 aliphatic rings. The first-order valence-corrected chi connectivity index (χ1v) is 11.3. The Labute approximate surface area is 185 Å². The van der Waals surface area contributed by atoms with E-state index >= 15 is 0 Å². The van der Waals surface area contributed by atoms with Crippen LogP contribution in [0.25, 0.3) is 0 Å². The lowest BCUT2D eigenvalue weighted by atomic mass is 9.53. The van der Waals surface area contributed by atoms with Crippen molar-refractivity contribution in [1.29, 1.82) is 0 Å². The van der Waals surface area contributed by atoms with E-state index in [1.807, 2.05) is 13.8 Å². The number of amides is 1. The van der Waals surface area contributed by atoms with E-state index in [-0.39, 0.29) is 27.0 Å². The molecule has 0 heterocycles. The van der Waals surface area contributed by atoms with Crippen LogP contribution >= 0.6 is 11.6 Å². The van der Waals surface area contributed by atoms with Gasteiger partial charge in [0, 0.05) is 11.0 Å². The zero-order valence-corrected chi connectivity index (χ0v) is 19.0. The number of hydrogen-bond acceptors (Lipinski definition) is 3. The Morgan fingerprint density at radius 3 is 2.16 bits per heavy atom. The Morgan fingerprint density at radius 1 is 1.06 bits per heavy atom. The van der Waals surface area contributed by atoms with Gasteiger partial charge in [-0.3, -0.25) is 4.79 Å². The molecule has 0 unspecified atom stereocenters. The monoisotopic (exact) mass is 474 g/mol. The van der Waals surface area contributed by atoms with Crippen LogP contribution in [0.4, 0.5) is 18.9 Å². The second-order valence-electron chi connectivity index (χ2n) is 8.26. The van der Waals surface area contributed by atoms with Gasteiger partial charge in [0.2, 0.25) is 10.0 Å². The number of sulfonamides is 1. The van der Waals surface area contributed by atoms with Crippen molar-refractivity contribution in [3.63, 3.8) is 0 Å². The van der Waals surface area contributed by atoms with E-state index in [4.69, 9.17) is 11.6 Å². The molecule has 0 atom stereocenters. The molecule has 31 heavy (non-hydrogen) atoms. The van der Waals surface area contributed by atoms with Gasteiger partial charge in [0.1, 0.15) is 7.28 Å². The van der Waals surface area contributed by atoms with Crippen LogP contribution in [0.2, 0.25) is 10.8 Å². The summed E-state index contributed by atoms with van der Waals surface area (Å²) in [5, 5.41) is 2.26. The van der Waals surface area contributed by atoms with E-state index in [1.54, 1.807) is 13.8 Å². The van der Waals surface area contributed by atoms with Crippen molar-refractivity contribution >= 4 is 40.5 Å². The standard InChI is InChI=1S/C20H23BClF3N2O3S/c1-12(2)21-19(3,4)27-31(29,30)15-8-5-13(6-9-15)18(28)26-17-11-14(20(23,24)25)7-10-16(17)22/h5-12,21,27H,1-4H3,(H,26,28). The molecule has 0 fully saturated rings. The van der Waals surface area contributed by atoms with Crippen molar-refractivity contribution in [3.8, 4) is 0 Å². The molecule has 0 radical (unpaired) electrons. The van der Waals surface area contributed by atoms with Crippen molar-refractivity contribution < 1.29 is 26.4 Å². The molecule has 0 aliphatic heterocycles. The molecule has 11 heteroatoms. The Balaban J connectivity index is 2.19. The van der Waals surface area contributed by atoms with E-state index in [2.05, 4.69) is 10.0 Å². The fourth-order valence-electron chi connectivity index (χ4n) is 3.26. The van der Waals surface area contributed by atoms with Crippen LogP contribution in [0.1, 0.15) is 43.6 Å². The highest BCUT2D eigenvalue weighted by Gasteiger charge is 2.31. The van der Waals surface area contributed by atoms with Gasteiger partial charge in [-0.25, -0.2) is 13.1 Å². The predicted molar refractivity (Wildman–Crippen MR) is 117 cm³/mol. The summed E-state index contributed by atoms with van der Waals surface area (Å²) in [7, 11) is -3.19. The van der Waals surface area contributed by atoms with Gasteiger partial charge < -0.3 is 5.32 Å². The van der Waals surface area contributed by atoms with Gasteiger partial charge in [-0.2, -0.15) is 13.2 Å². The molecule has 0 bridgehead atoms. The predicted octanol–water partition coefficient (Wildman–Crippen LogP) is 4.89. The Morgan fingerprint density at radius 2 is 1.65 bits per heavy atom. The summed E-state index contributed by atoms with van der Waals surface area (Å²) in [4.78, 5) is 12.4. The number of carbonyl (C=O) groups excluding carboxylic acids is 1. The number of anilines is 1. The smallest absolute Gasteiger partial charge is 0.321 e. The fraction of sp³-hybridized carbons (Fsp3) is 0.350. The highest BCUT2D eigenvalue weighted by atomic mass is 35.5. The fourth-order valence-corrected chi connectivity index (χ4v) is 4.85. The number of halogens is 4. The van der Waals surface area contributed by atoms with Crippen molar-refractivity contribution in [2.75, 3.05) is 5.32 Å². The van der Waals surface area contributed by atoms with Crippen LogP contribution in [-0.2, 0) is 16.2 Å². The highest BCUT2D eigenvalue weighted by Crippen LogP contribution is 2.34. The van der Waals surface area contributed by atoms with Crippen LogP contribution in [0.15, 0.2) is 47.4 Å². The number of alkyl halides is 3. The van der Waals surface area contributed by atoms with Gasteiger partial charge in [0.25, 0.3) is 5.91 Å². The molecule has 2 aromatic rings. The zero-order valence-electron chi connectivity index (χ0n) is 17.5. The maximum absolute atomic E-state index is 12.9. The second kappa shape index (κ2) is 9.22. The molecular formula is C20H23BClF3N2O3S.